The van der Waals surface area contributed by atoms with Crippen molar-refractivity contribution in [3.8, 4) is 0 Å². The standard InChI is InChI=1S/C15H20N2O2S/c1-3-12-13(18)16-15(2,11-4-5-11)14(19)17(12)8-10-6-7-20-9-10/h6-7,9,11-12H,3-5,8H2,1-2H3,(H,16,18). The molecule has 108 valence electrons. The van der Waals surface area contributed by atoms with E-state index >= 15 is 0 Å². The molecule has 1 saturated carbocycles. The van der Waals surface area contributed by atoms with Crippen LogP contribution >= 0.6 is 11.3 Å². The van der Waals surface area contributed by atoms with Crippen LogP contribution in [-0.4, -0.2) is 28.3 Å². The van der Waals surface area contributed by atoms with Gasteiger partial charge in [-0.25, -0.2) is 0 Å². The summed E-state index contributed by atoms with van der Waals surface area (Å²) in [5, 5.41) is 7.03. The zero-order valence-electron chi connectivity index (χ0n) is 11.9. The van der Waals surface area contributed by atoms with E-state index in [9.17, 15) is 9.59 Å². The molecule has 1 N–H and O–H groups in total. The number of piperazine rings is 1. The van der Waals surface area contributed by atoms with E-state index in [0.29, 0.717) is 18.9 Å². The number of amides is 2. The lowest BCUT2D eigenvalue weighted by atomic mass is 9.88. The third-order valence-electron chi connectivity index (χ3n) is 4.48. The van der Waals surface area contributed by atoms with Crippen molar-refractivity contribution in [2.24, 2.45) is 5.92 Å². The predicted octanol–water partition coefficient (Wildman–Crippen LogP) is 2.15. The Morgan fingerprint density at radius 2 is 2.20 bits per heavy atom. The lowest BCUT2D eigenvalue weighted by molar-refractivity contribution is -0.156. The minimum Gasteiger partial charge on any atom is -0.340 e. The molecule has 2 aliphatic rings. The molecule has 1 aliphatic heterocycles. The van der Waals surface area contributed by atoms with Gasteiger partial charge in [-0.1, -0.05) is 6.92 Å². The smallest absolute Gasteiger partial charge is 0.249 e. The Kier molecular flexibility index (Phi) is 3.32. The lowest BCUT2D eigenvalue weighted by Crippen LogP contribution is -2.69. The summed E-state index contributed by atoms with van der Waals surface area (Å²) in [5.74, 6) is 0.385. The largest absolute Gasteiger partial charge is 0.340 e. The molecule has 1 aliphatic carbocycles. The van der Waals surface area contributed by atoms with Gasteiger partial charge in [-0.05, 0) is 54.5 Å². The van der Waals surface area contributed by atoms with E-state index in [0.717, 1.165) is 18.4 Å². The summed E-state index contributed by atoms with van der Waals surface area (Å²) in [5.41, 5.74) is 0.410. The zero-order chi connectivity index (χ0) is 14.3. The summed E-state index contributed by atoms with van der Waals surface area (Å²) < 4.78 is 0. The molecule has 1 aromatic rings. The fraction of sp³-hybridized carbons (Fsp3) is 0.600. The van der Waals surface area contributed by atoms with Crippen LogP contribution in [0.4, 0.5) is 0 Å². The van der Waals surface area contributed by atoms with E-state index in [2.05, 4.69) is 5.32 Å². The van der Waals surface area contributed by atoms with E-state index in [1.165, 1.54) is 0 Å². The van der Waals surface area contributed by atoms with Crippen molar-refractivity contribution in [3.63, 3.8) is 0 Å². The van der Waals surface area contributed by atoms with Crippen molar-refractivity contribution >= 4 is 23.2 Å². The number of hydrogen-bond acceptors (Lipinski definition) is 3. The normalized spacial score (nSPS) is 30.5. The molecule has 20 heavy (non-hydrogen) atoms. The van der Waals surface area contributed by atoms with Gasteiger partial charge < -0.3 is 10.2 Å². The Morgan fingerprint density at radius 3 is 2.75 bits per heavy atom. The van der Waals surface area contributed by atoms with E-state index in [4.69, 9.17) is 0 Å². The number of nitrogens with zero attached hydrogens (tertiary/aromatic N) is 1. The Morgan fingerprint density at radius 1 is 1.45 bits per heavy atom. The molecule has 1 saturated heterocycles. The summed E-state index contributed by atoms with van der Waals surface area (Å²) in [6.45, 7) is 4.38. The SMILES string of the molecule is CCC1C(=O)NC(C)(C2CC2)C(=O)N1Cc1ccsc1. The summed E-state index contributed by atoms with van der Waals surface area (Å²) in [4.78, 5) is 27.0. The van der Waals surface area contributed by atoms with E-state index in [1.807, 2.05) is 30.7 Å². The van der Waals surface area contributed by atoms with Crippen LogP contribution < -0.4 is 5.32 Å². The maximum Gasteiger partial charge on any atom is 0.249 e. The fourth-order valence-electron chi connectivity index (χ4n) is 3.08. The first-order valence-electron chi connectivity index (χ1n) is 7.20. The quantitative estimate of drug-likeness (QED) is 0.924. The molecule has 3 rings (SSSR count). The second-order valence-electron chi connectivity index (χ2n) is 5.95. The molecule has 0 bridgehead atoms. The topological polar surface area (TPSA) is 49.4 Å². The monoisotopic (exact) mass is 292 g/mol. The molecule has 5 heteroatoms. The van der Waals surface area contributed by atoms with Crippen LogP contribution in [0, 0.1) is 5.92 Å². The molecule has 2 atom stereocenters. The van der Waals surface area contributed by atoms with Crippen molar-refractivity contribution in [1.82, 2.24) is 10.2 Å². The minimum atomic E-state index is -0.696. The summed E-state index contributed by atoms with van der Waals surface area (Å²) >= 11 is 1.62. The van der Waals surface area contributed by atoms with Gasteiger partial charge in [-0.15, -0.1) is 0 Å². The summed E-state index contributed by atoms with van der Waals surface area (Å²) in [7, 11) is 0. The Balaban J connectivity index is 1.89. The molecule has 2 fully saturated rings. The number of thiophene rings is 1. The highest BCUT2D eigenvalue weighted by atomic mass is 32.1. The first-order chi connectivity index (χ1) is 9.56. The van der Waals surface area contributed by atoms with Crippen LogP contribution in [0.1, 0.15) is 38.7 Å². The molecule has 2 amide bonds. The predicted molar refractivity (Wildman–Crippen MR) is 78.2 cm³/mol. The third-order valence-corrected chi connectivity index (χ3v) is 5.21. The van der Waals surface area contributed by atoms with Crippen LogP contribution in [0.5, 0.6) is 0 Å². The second kappa shape index (κ2) is 4.88. The highest BCUT2D eigenvalue weighted by Gasteiger charge is 2.54. The molecular formula is C15H20N2O2S. The van der Waals surface area contributed by atoms with Crippen molar-refractivity contribution < 1.29 is 9.59 Å². The molecule has 4 nitrogen and oxygen atoms in total. The molecule has 0 spiro atoms. The number of hydrogen-bond donors (Lipinski definition) is 1. The third kappa shape index (κ3) is 2.14. The van der Waals surface area contributed by atoms with Crippen molar-refractivity contribution in [2.45, 2.75) is 51.2 Å². The zero-order valence-corrected chi connectivity index (χ0v) is 12.7. The number of rotatable bonds is 4. The van der Waals surface area contributed by atoms with Crippen molar-refractivity contribution in [2.75, 3.05) is 0 Å². The van der Waals surface area contributed by atoms with Gasteiger partial charge >= 0.3 is 0 Å². The molecule has 0 aromatic carbocycles. The minimum absolute atomic E-state index is 0.00303. The van der Waals surface area contributed by atoms with Crippen molar-refractivity contribution in [3.05, 3.63) is 22.4 Å². The van der Waals surface area contributed by atoms with Gasteiger partial charge in [0.25, 0.3) is 0 Å². The highest BCUT2D eigenvalue weighted by molar-refractivity contribution is 7.07. The Labute approximate surface area is 123 Å². The molecule has 0 radical (unpaired) electrons. The van der Waals surface area contributed by atoms with E-state index in [1.54, 1.807) is 16.2 Å². The maximum absolute atomic E-state index is 12.9. The van der Waals surface area contributed by atoms with Gasteiger partial charge in [-0.3, -0.25) is 9.59 Å². The maximum atomic E-state index is 12.9. The van der Waals surface area contributed by atoms with Gasteiger partial charge in [0.1, 0.15) is 11.6 Å². The van der Waals surface area contributed by atoms with Crippen LogP contribution in [0.3, 0.4) is 0 Å². The average molecular weight is 292 g/mol. The van der Waals surface area contributed by atoms with Gasteiger partial charge in [0.15, 0.2) is 0 Å². The van der Waals surface area contributed by atoms with Crippen LogP contribution in [-0.2, 0) is 16.1 Å². The molecular weight excluding hydrogens is 272 g/mol. The van der Waals surface area contributed by atoms with Gasteiger partial charge in [-0.2, -0.15) is 11.3 Å². The molecule has 2 heterocycles. The van der Waals surface area contributed by atoms with Crippen LogP contribution in [0.2, 0.25) is 0 Å². The Hall–Kier alpha value is -1.36. The molecule has 1 aromatic heterocycles. The van der Waals surface area contributed by atoms with E-state index < -0.39 is 5.54 Å². The van der Waals surface area contributed by atoms with E-state index in [-0.39, 0.29) is 17.9 Å². The van der Waals surface area contributed by atoms with Gasteiger partial charge in [0.2, 0.25) is 11.8 Å². The van der Waals surface area contributed by atoms with Crippen LogP contribution in [0.25, 0.3) is 0 Å². The average Bonchev–Trinajstić information content (AvgIpc) is 3.16. The summed E-state index contributed by atoms with van der Waals surface area (Å²) in [6, 6.07) is 1.68. The lowest BCUT2D eigenvalue weighted by Gasteiger charge is -2.44. The number of nitrogens with one attached hydrogen (secondary N) is 1. The van der Waals surface area contributed by atoms with Crippen molar-refractivity contribution in [1.29, 1.82) is 0 Å². The number of carbonyl (C=O) groups excluding carboxylic acids is 2. The fourth-order valence-corrected chi connectivity index (χ4v) is 3.74. The highest BCUT2D eigenvalue weighted by Crippen LogP contribution is 2.42. The first kappa shape index (κ1) is 13.6. The number of carbonyl (C=O) groups is 2. The molecule has 2 unspecified atom stereocenters. The van der Waals surface area contributed by atoms with Gasteiger partial charge in [0, 0.05) is 6.54 Å². The van der Waals surface area contributed by atoms with Crippen LogP contribution in [0.15, 0.2) is 16.8 Å². The first-order valence-corrected chi connectivity index (χ1v) is 8.14. The second-order valence-corrected chi connectivity index (χ2v) is 6.73. The summed E-state index contributed by atoms with van der Waals surface area (Å²) in [6.07, 6.45) is 2.72. The Bertz CT molecular complexity index is 524. The van der Waals surface area contributed by atoms with Gasteiger partial charge in [0.05, 0.1) is 0 Å².